The molecule has 0 aliphatic rings. The predicted octanol–water partition coefficient (Wildman–Crippen LogP) is 2.44. The van der Waals surface area contributed by atoms with Gasteiger partial charge in [-0.3, -0.25) is 0 Å². The van der Waals surface area contributed by atoms with Crippen LogP contribution in [0.5, 0.6) is 5.75 Å². The second-order valence-electron chi connectivity index (χ2n) is 5.50. The Morgan fingerprint density at radius 1 is 1.29 bits per heavy atom. The Morgan fingerprint density at radius 3 is 2.35 bits per heavy atom. The van der Waals surface area contributed by atoms with E-state index in [0.29, 0.717) is 0 Å². The van der Waals surface area contributed by atoms with Crippen LogP contribution < -0.4 is 16.2 Å². The van der Waals surface area contributed by atoms with Crippen LogP contribution >= 0.6 is 0 Å². The standard InChI is InChI=1S/C14H24N2O/c1-9-6-10(2)13(12(7-9)17-5)11(15)8-14(3,4)16/h6-7,11H,8,15-16H2,1-5H3. The van der Waals surface area contributed by atoms with Crippen LogP contribution in [0.3, 0.4) is 0 Å². The van der Waals surface area contributed by atoms with Gasteiger partial charge in [0.15, 0.2) is 0 Å². The summed E-state index contributed by atoms with van der Waals surface area (Å²) in [5.41, 5.74) is 15.4. The predicted molar refractivity (Wildman–Crippen MR) is 72.3 cm³/mol. The van der Waals surface area contributed by atoms with Gasteiger partial charge in [0.2, 0.25) is 0 Å². The Balaban J connectivity index is 3.12. The van der Waals surface area contributed by atoms with Crippen molar-refractivity contribution >= 4 is 0 Å². The average molecular weight is 236 g/mol. The molecule has 0 aromatic heterocycles. The van der Waals surface area contributed by atoms with Crippen LogP contribution in [0.25, 0.3) is 0 Å². The topological polar surface area (TPSA) is 61.3 Å². The summed E-state index contributed by atoms with van der Waals surface area (Å²) in [5, 5.41) is 0. The van der Waals surface area contributed by atoms with Crippen LogP contribution in [0, 0.1) is 13.8 Å². The maximum absolute atomic E-state index is 6.25. The van der Waals surface area contributed by atoms with Gasteiger partial charge in [0.1, 0.15) is 5.75 Å². The van der Waals surface area contributed by atoms with Crippen molar-refractivity contribution in [2.75, 3.05) is 7.11 Å². The van der Waals surface area contributed by atoms with Crippen LogP contribution in [0.2, 0.25) is 0 Å². The molecular weight excluding hydrogens is 212 g/mol. The minimum Gasteiger partial charge on any atom is -0.496 e. The number of hydrogen-bond donors (Lipinski definition) is 2. The third-order valence-electron chi connectivity index (χ3n) is 2.83. The number of ether oxygens (including phenoxy) is 1. The molecule has 0 spiro atoms. The van der Waals surface area contributed by atoms with E-state index in [2.05, 4.69) is 19.9 Å². The molecule has 0 amide bonds. The number of hydrogen-bond acceptors (Lipinski definition) is 3. The largest absolute Gasteiger partial charge is 0.496 e. The molecule has 0 radical (unpaired) electrons. The van der Waals surface area contributed by atoms with Gasteiger partial charge in [0.05, 0.1) is 7.11 Å². The molecule has 0 aliphatic heterocycles. The first-order valence-corrected chi connectivity index (χ1v) is 5.94. The van der Waals surface area contributed by atoms with Crippen molar-refractivity contribution in [3.8, 4) is 5.75 Å². The zero-order valence-electron chi connectivity index (χ0n) is 11.5. The first-order chi connectivity index (χ1) is 7.74. The van der Waals surface area contributed by atoms with Crippen LogP contribution in [-0.4, -0.2) is 12.6 Å². The monoisotopic (exact) mass is 236 g/mol. The number of aryl methyl sites for hydroxylation is 2. The minimum absolute atomic E-state index is 0.0921. The lowest BCUT2D eigenvalue weighted by Gasteiger charge is -2.26. The Morgan fingerprint density at radius 2 is 1.88 bits per heavy atom. The molecule has 0 fully saturated rings. The van der Waals surface area contributed by atoms with E-state index in [-0.39, 0.29) is 11.6 Å². The second kappa shape index (κ2) is 5.07. The van der Waals surface area contributed by atoms with Gasteiger partial charge in [-0.2, -0.15) is 0 Å². The molecule has 3 nitrogen and oxygen atoms in total. The number of rotatable bonds is 4. The molecule has 1 atom stereocenters. The minimum atomic E-state index is -0.276. The van der Waals surface area contributed by atoms with Gasteiger partial charge in [0, 0.05) is 17.1 Å². The van der Waals surface area contributed by atoms with Crippen LogP contribution in [0.4, 0.5) is 0 Å². The molecule has 1 rings (SSSR count). The van der Waals surface area contributed by atoms with Gasteiger partial charge in [-0.1, -0.05) is 6.07 Å². The average Bonchev–Trinajstić information content (AvgIpc) is 2.12. The van der Waals surface area contributed by atoms with Crippen LogP contribution in [-0.2, 0) is 0 Å². The van der Waals surface area contributed by atoms with Gasteiger partial charge in [0.25, 0.3) is 0 Å². The van der Waals surface area contributed by atoms with Crippen molar-refractivity contribution in [2.24, 2.45) is 11.5 Å². The van der Waals surface area contributed by atoms with Gasteiger partial charge in [-0.05, 0) is 51.3 Å². The molecule has 1 unspecified atom stereocenters. The van der Waals surface area contributed by atoms with Crippen molar-refractivity contribution in [1.29, 1.82) is 0 Å². The normalized spacial score (nSPS) is 13.6. The highest BCUT2D eigenvalue weighted by molar-refractivity contribution is 5.45. The maximum Gasteiger partial charge on any atom is 0.124 e. The molecule has 4 N–H and O–H groups in total. The van der Waals surface area contributed by atoms with Crippen molar-refractivity contribution in [2.45, 2.75) is 45.7 Å². The summed E-state index contributed by atoms with van der Waals surface area (Å²) in [6, 6.07) is 4.05. The lowest BCUT2D eigenvalue weighted by Crippen LogP contribution is -2.36. The summed E-state index contributed by atoms with van der Waals surface area (Å²) in [6.07, 6.45) is 0.729. The molecule has 0 bridgehead atoms. The smallest absolute Gasteiger partial charge is 0.124 e. The summed E-state index contributed by atoms with van der Waals surface area (Å²) in [6.45, 7) is 8.09. The lowest BCUT2D eigenvalue weighted by atomic mass is 9.89. The first-order valence-electron chi connectivity index (χ1n) is 5.94. The molecule has 0 saturated heterocycles. The van der Waals surface area contributed by atoms with Crippen molar-refractivity contribution in [3.05, 3.63) is 28.8 Å². The van der Waals surface area contributed by atoms with Crippen molar-refractivity contribution in [1.82, 2.24) is 0 Å². The van der Waals surface area contributed by atoms with E-state index in [1.165, 1.54) is 11.1 Å². The Bertz CT molecular complexity index is 394. The number of nitrogens with two attached hydrogens (primary N) is 2. The lowest BCUT2D eigenvalue weighted by molar-refractivity contribution is 0.387. The Labute approximate surface area is 104 Å². The Kier molecular flexibility index (Phi) is 4.17. The highest BCUT2D eigenvalue weighted by Gasteiger charge is 2.21. The molecule has 17 heavy (non-hydrogen) atoms. The molecule has 1 aromatic rings. The summed E-state index contributed by atoms with van der Waals surface area (Å²) in [4.78, 5) is 0. The maximum atomic E-state index is 6.25. The summed E-state index contributed by atoms with van der Waals surface area (Å²) in [7, 11) is 1.68. The number of benzene rings is 1. The van der Waals surface area contributed by atoms with Gasteiger partial charge in [-0.15, -0.1) is 0 Å². The van der Waals surface area contributed by atoms with E-state index >= 15 is 0 Å². The SMILES string of the molecule is COc1cc(C)cc(C)c1C(N)CC(C)(C)N. The molecule has 0 aliphatic carbocycles. The second-order valence-corrected chi connectivity index (χ2v) is 5.50. The summed E-state index contributed by atoms with van der Waals surface area (Å²) >= 11 is 0. The van der Waals surface area contributed by atoms with Crippen molar-refractivity contribution in [3.63, 3.8) is 0 Å². The highest BCUT2D eigenvalue weighted by Crippen LogP contribution is 2.32. The molecule has 1 aromatic carbocycles. The highest BCUT2D eigenvalue weighted by atomic mass is 16.5. The van der Waals surface area contributed by atoms with E-state index in [0.717, 1.165) is 17.7 Å². The van der Waals surface area contributed by atoms with E-state index in [9.17, 15) is 0 Å². The fourth-order valence-corrected chi connectivity index (χ4v) is 2.25. The molecule has 3 heteroatoms. The quantitative estimate of drug-likeness (QED) is 0.844. The van der Waals surface area contributed by atoms with Crippen LogP contribution in [0.15, 0.2) is 12.1 Å². The van der Waals surface area contributed by atoms with E-state index < -0.39 is 0 Å². The zero-order chi connectivity index (χ0) is 13.2. The van der Waals surface area contributed by atoms with E-state index in [4.69, 9.17) is 16.2 Å². The molecule has 96 valence electrons. The first kappa shape index (κ1) is 14.0. The third-order valence-corrected chi connectivity index (χ3v) is 2.83. The molecular formula is C14H24N2O. The molecule has 0 heterocycles. The zero-order valence-corrected chi connectivity index (χ0v) is 11.5. The van der Waals surface area contributed by atoms with Gasteiger partial charge < -0.3 is 16.2 Å². The van der Waals surface area contributed by atoms with Crippen LogP contribution in [0.1, 0.15) is 43.0 Å². The summed E-state index contributed by atoms with van der Waals surface area (Å²) < 4.78 is 5.42. The van der Waals surface area contributed by atoms with E-state index in [1.54, 1.807) is 7.11 Å². The number of methoxy groups -OCH3 is 1. The fraction of sp³-hybridized carbons (Fsp3) is 0.571. The van der Waals surface area contributed by atoms with Gasteiger partial charge >= 0.3 is 0 Å². The third kappa shape index (κ3) is 3.72. The van der Waals surface area contributed by atoms with Gasteiger partial charge in [-0.25, -0.2) is 0 Å². The summed E-state index contributed by atoms with van der Waals surface area (Å²) in [5.74, 6) is 0.860. The molecule has 0 saturated carbocycles. The fourth-order valence-electron chi connectivity index (χ4n) is 2.25. The van der Waals surface area contributed by atoms with E-state index in [1.807, 2.05) is 19.9 Å². The Hall–Kier alpha value is -1.06. The van der Waals surface area contributed by atoms with Crippen molar-refractivity contribution < 1.29 is 4.74 Å².